The summed E-state index contributed by atoms with van der Waals surface area (Å²) < 4.78 is 39.2. The van der Waals surface area contributed by atoms with E-state index in [4.69, 9.17) is 28.4 Å². The molecule has 1 heterocycles. The van der Waals surface area contributed by atoms with Gasteiger partial charge in [0.1, 0.15) is 30.2 Å². The molecule has 0 aromatic heterocycles. The van der Waals surface area contributed by atoms with Gasteiger partial charge in [-0.05, 0) is 70.5 Å². The topological polar surface area (TPSA) is 75.6 Å². The van der Waals surface area contributed by atoms with Crippen molar-refractivity contribution in [2.45, 2.75) is 70.0 Å². The van der Waals surface area contributed by atoms with Crippen LogP contribution < -0.4 is 4.74 Å². The van der Waals surface area contributed by atoms with E-state index in [1.54, 1.807) is 7.11 Å². The van der Waals surface area contributed by atoms with Gasteiger partial charge >= 0.3 is 0 Å². The average Bonchev–Trinajstić information content (AvgIpc) is 3.24. The van der Waals surface area contributed by atoms with Gasteiger partial charge in [0.2, 0.25) is 5.79 Å². The summed E-state index contributed by atoms with van der Waals surface area (Å²) >= 11 is 0. The molecule has 0 saturated carbocycles. The van der Waals surface area contributed by atoms with Crippen molar-refractivity contribution >= 4 is 0 Å². The van der Waals surface area contributed by atoms with Gasteiger partial charge < -0.3 is 33.5 Å². The second kappa shape index (κ2) is 19.2. The predicted molar refractivity (Wildman–Crippen MR) is 217 cm³/mol. The van der Waals surface area contributed by atoms with Crippen LogP contribution in [0.3, 0.4) is 0 Å². The van der Waals surface area contributed by atoms with Crippen molar-refractivity contribution < 1.29 is 33.5 Å². The number of hydrogen-bond acceptors (Lipinski definition) is 7. The monoisotopic (exact) mass is 750 g/mol. The van der Waals surface area contributed by atoms with Crippen LogP contribution >= 0.6 is 0 Å². The van der Waals surface area contributed by atoms with E-state index >= 15 is 0 Å². The molecule has 1 fully saturated rings. The lowest BCUT2D eigenvalue weighted by atomic mass is 9.85. The van der Waals surface area contributed by atoms with Crippen molar-refractivity contribution in [3.63, 3.8) is 0 Å². The Morgan fingerprint density at radius 1 is 0.554 bits per heavy atom. The molecule has 0 amide bonds. The Kier molecular flexibility index (Phi) is 13.4. The lowest BCUT2D eigenvalue weighted by Crippen LogP contribution is -2.65. The van der Waals surface area contributed by atoms with Crippen LogP contribution in [0.4, 0.5) is 0 Å². The second-order valence-electron chi connectivity index (χ2n) is 14.3. The van der Waals surface area contributed by atoms with Gasteiger partial charge in [-0.2, -0.15) is 0 Å². The molecule has 5 atom stereocenters. The van der Waals surface area contributed by atoms with Crippen LogP contribution in [0.1, 0.15) is 44.5 Å². The molecule has 7 nitrogen and oxygen atoms in total. The summed E-state index contributed by atoms with van der Waals surface area (Å²) in [6.45, 7) is 3.37. The number of benzene rings is 6. The maximum Gasteiger partial charge on any atom is 0.222 e. The summed E-state index contributed by atoms with van der Waals surface area (Å²) in [5, 5.41) is 13.2. The molecule has 6 aromatic carbocycles. The summed E-state index contributed by atoms with van der Waals surface area (Å²) in [4.78, 5) is 0. The first kappa shape index (κ1) is 39.1. The highest BCUT2D eigenvalue weighted by Gasteiger charge is 2.57. The van der Waals surface area contributed by atoms with E-state index in [1.807, 2.05) is 152 Å². The first-order valence-electron chi connectivity index (χ1n) is 19.2. The van der Waals surface area contributed by atoms with Crippen molar-refractivity contribution in [2.24, 2.45) is 0 Å². The number of methoxy groups -OCH3 is 1. The molecule has 1 aliphatic heterocycles. The van der Waals surface area contributed by atoms with Crippen LogP contribution in [0.2, 0.25) is 0 Å². The van der Waals surface area contributed by atoms with E-state index in [0.717, 1.165) is 44.7 Å². The zero-order valence-corrected chi connectivity index (χ0v) is 32.0. The van der Waals surface area contributed by atoms with Crippen LogP contribution in [0.15, 0.2) is 164 Å². The fraction of sp³-hybridized carbons (Fsp3) is 0.265. The summed E-state index contributed by atoms with van der Waals surface area (Å²) in [7, 11) is 1.66. The molecule has 1 N–H and O–H groups in total. The van der Waals surface area contributed by atoms with Crippen LogP contribution in [0, 0.1) is 6.92 Å². The molecule has 0 radical (unpaired) electrons. The van der Waals surface area contributed by atoms with Gasteiger partial charge in [0, 0.05) is 5.56 Å². The third-order valence-electron chi connectivity index (χ3n) is 10.3. The highest BCUT2D eigenvalue weighted by atomic mass is 16.7. The number of aryl methyl sites for hydroxylation is 1. The summed E-state index contributed by atoms with van der Waals surface area (Å²) in [6.07, 6.45) is -2.56. The molecule has 0 aliphatic carbocycles. The van der Waals surface area contributed by atoms with Crippen LogP contribution in [-0.4, -0.2) is 43.2 Å². The highest BCUT2D eigenvalue weighted by molar-refractivity contribution is 5.39. The largest absolute Gasteiger partial charge is 0.497 e. The van der Waals surface area contributed by atoms with Crippen LogP contribution in [0.5, 0.6) is 5.75 Å². The molecular weight excluding hydrogens is 701 g/mol. The molecule has 6 aromatic rings. The van der Waals surface area contributed by atoms with Gasteiger partial charge in [-0.3, -0.25) is 0 Å². The molecule has 56 heavy (non-hydrogen) atoms. The van der Waals surface area contributed by atoms with Crippen molar-refractivity contribution in [3.8, 4) is 5.75 Å². The van der Waals surface area contributed by atoms with Crippen molar-refractivity contribution in [2.75, 3.05) is 13.7 Å². The minimum Gasteiger partial charge on any atom is -0.497 e. The Morgan fingerprint density at radius 2 is 1.05 bits per heavy atom. The van der Waals surface area contributed by atoms with Crippen molar-refractivity contribution in [1.82, 2.24) is 0 Å². The molecule has 5 unspecified atom stereocenters. The lowest BCUT2D eigenvalue weighted by molar-refractivity contribution is -0.378. The van der Waals surface area contributed by atoms with Gasteiger partial charge in [-0.1, -0.05) is 146 Å². The molecule has 7 heteroatoms. The van der Waals surface area contributed by atoms with E-state index < -0.39 is 30.2 Å². The number of hydrogen-bond donors (Lipinski definition) is 1. The van der Waals surface area contributed by atoms with Gasteiger partial charge in [0.25, 0.3) is 0 Å². The molecule has 1 aliphatic rings. The number of aliphatic hydroxyl groups is 1. The standard InChI is InChI=1S/C49H50O7/c1-36-23-26-43(30-42(36)29-37-24-27-44(51-2)28-25-37)49(50)48(55-34-41-21-13-6-14-22-41)47(54-33-40-19-11-5-12-20-40)46(53-32-39-17-9-4-10-18-39)45(56-49)35-52-31-38-15-7-3-8-16-38/h3-28,30,45-48,50H,29,31-35H2,1-2H3. The Morgan fingerprint density at radius 3 is 1.59 bits per heavy atom. The summed E-state index contributed by atoms with van der Waals surface area (Å²) in [5.74, 6) is -1.15. The van der Waals surface area contributed by atoms with Gasteiger partial charge in [0.05, 0.1) is 40.1 Å². The highest BCUT2D eigenvalue weighted by Crippen LogP contribution is 2.42. The van der Waals surface area contributed by atoms with Gasteiger partial charge in [-0.25, -0.2) is 0 Å². The Hall–Kier alpha value is -5.12. The van der Waals surface area contributed by atoms with Gasteiger partial charge in [-0.15, -0.1) is 0 Å². The number of ether oxygens (including phenoxy) is 6. The fourth-order valence-corrected chi connectivity index (χ4v) is 7.13. The maximum absolute atomic E-state index is 13.2. The van der Waals surface area contributed by atoms with Crippen molar-refractivity contribution in [1.29, 1.82) is 0 Å². The van der Waals surface area contributed by atoms with Gasteiger partial charge in [0.15, 0.2) is 0 Å². The third kappa shape index (κ3) is 10.00. The smallest absolute Gasteiger partial charge is 0.222 e. The van der Waals surface area contributed by atoms with Crippen LogP contribution in [0.25, 0.3) is 0 Å². The quantitative estimate of drug-likeness (QED) is 0.0997. The van der Waals surface area contributed by atoms with E-state index in [1.165, 1.54) is 0 Å². The zero-order valence-electron chi connectivity index (χ0n) is 32.0. The molecule has 288 valence electrons. The van der Waals surface area contributed by atoms with Crippen molar-refractivity contribution in [3.05, 3.63) is 208 Å². The zero-order chi connectivity index (χ0) is 38.6. The number of rotatable bonds is 17. The first-order chi connectivity index (χ1) is 27.5. The lowest BCUT2D eigenvalue weighted by Gasteiger charge is -2.50. The minimum absolute atomic E-state index is 0.137. The van der Waals surface area contributed by atoms with E-state index in [2.05, 4.69) is 19.1 Å². The summed E-state index contributed by atoms with van der Waals surface area (Å²) in [6, 6.07) is 54.0. The fourth-order valence-electron chi connectivity index (χ4n) is 7.13. The van der Waals surface area contributed by atoms with E-state index in [9.17, 15) is 5.11 Å². The molecule has 7 rings (SSSR count). The minimum atomic E-state index is -1.95. The summed E-state index contributed by atoms with van der Waals surface area (Å²) in [5.41, 5.74) is 7.79. The third-order valence-corrected chi connectivity index (χ3v) is 10.3. The molecule has 1 saturated heterocycles. The Labute approximate surface area is 330 Å². The van der Waals surface area contributed by atoms with Crippen LogP contribution in [-0.2, 0) is 62.3 Å². The first-order valence-corrected chi connectivity index (χ1v) is 19.2. The van der Waals surface area contributed by atoms with E-state index in [0.29, 0.717) is 25.2 Å². The Bertz CT molecular complexity index is 2060. The second-order valence-corrected chi connectivity index (χ2v) is 14.3. The van der Waals surface area contributed by atoms with E-state index in [-0.39, 0.29) is 19.8 Å². The predicted octanol–water partition coefficient (Wildman–Crippen LogP) is 9.11. The molecule has 0 bridgehead atoms. The Balaban J connectivity index is 1.29. The average molecular weight is 751 g/mol. The normalized spacial score (nSPS) is 20.8. The SMILES string of the molecule is COc1ccc(Cc2cc(C3(O)OC(COCc4ccccc4)C(OCc4ccccc4)C(OCc4ccccc4)C3OCc3ccccc3)ccc2C)cc1. The molecular formula is C49H50O7. The molecule has 0 spiro atoms. The maximum atomic E-state index is 13.2.